The van der Waals surface area contributed by atoms with Crippen molar-refractivity contribution in [2.45, 2.75) is 6.92 Å². The monoisotopic (exact) mass is 492 g/mol. The van der Waals surface area contributed by atoms with Gasteiger partial charge in [-0.25, -0.2) is 0 Å². The fourth-order valence-corrected chi connectivity index (χ4v) is 3.97. The lowest BCUT2D eigenvalue weighted by Crippen LogP contribution is -2.08. The average molecular weight is 493 g/mol. The maximum Gasteiger partial charge on any atom is 0.200 e. The zero-order valence-electron chi connectivity index (χ0n) is 20.1. The van der Waals surface area contributed by atoms with Gasteiger partial charge in [0.05, 0.1) is 39.4 Å². The Kier molecular flexibility index (Phi) is 7.03. The van der Waals surface area contributed by atoms with Gasteiger partial charge in [-0.2, -0.15) is 0 Å². The lowest BCUT2D eigenvalue weighted by atomic mass is 10.0. The second-order valence-electron chi connectivity index (χ2n) is 7.79. The van der Waals surface area contributed by atoms with Crippen molar-refractivity contribution in [1.29, 1.82) is 0 Å². The number of rotatable bonds is 7. The number of benzene rings is 3. The van der Waals surface area contributed by atoms with E-state index in [1.165, 1.54) is 0 Å². The lowest BCUT2D eigenvalue weighted by Gasteiger charge is -2.12. The van der Waals surface area contributed by atoms with Gasteiger partial charge >= 0.3 is 0 Å². The third kappa shape index (κ3) is 4.70. The maximum atomic E-state index is 13.6. The van der Waals surface area contributed by atoms with Gasteiger partial charge < -0.3 is 23.4 Å². The van der Waals surface area contributed by atoms with Crippen LogP contribution in [0.3, 0.4) is 0 Å². The third-order valence-corrected chi connectivity index (χ3v) is 6.11. The minimum absolute atomic E-state index is 0.199. The summed E-state index contributed by atoms with van der Waals surface area (Å²) in [7, 11) is 6.28. The van der Waals surface area contributed by atoms with E-state index in [0.29, 0.717) is 55.9 Å². The van der Waals surface area contributed by atoms with Crippen molar-refractivity contribution in [3.05, 3.63) is 80.5 Å². The molecule has 0 N–H and O–H groups in total. The molecular formula is C28H25ClO6. The Morgan fingerprint density at radius 2 is 1.40 bits per heavy atom. The molecule has 0 aliphatic rings. The second kappa shape index (κ2) is 10.2. The van der Waals surface area contributed by atoms with E-state index >= 15 is 0 Å². The van der Waals surface area contributed by atoms with Gasteiger partial charge in [-0.3, -0.25) is 4.79 Å². The molecule has 4 rings (SSSR count). The highest BCUT2D eigenvalue weighted by molar-refractivity contribution is 6.32. The van der Waals surface area contributed by atoms with E-state index < -0.39 is 0 Å². The molecule has 4 aromatic rings. The number of aryl methyl sites for hydroxylation is 1. The van der Waals surface area contributed by atoms with Crippen LogP contribution in [0.4, 0.5) is 0 Å². The predicted octanol–water partition coefficient (Wildman–Crippen LogP) is 6.63. The minimum Gasteiger partial charge on any atom is -0.493 e. The molecule has 0 bridgehead atoms. The zero-order valence-corrected chi connectivity index (χ0v) is 20.9. The molecule has 0 fully saturated rings. The SMILES string of the molecule is COc1ccc(/C=C/c2c(-c3ccc(OC)c(OC)c3)oc3cc(C)c(Cl)cc3c2=O)cc1OC. The average Bonchev–Trinajstić information content (AvgIpc) is 2.88. The van der Waals surface area contributed by atoms with E-state index in [1.807, 2.05) is 31.2 Å². The van der Waals surface area contributed by atoms with Crippen molar-refractivity contribution in [3.8, 4) is 34.3 Å². The molecule has 0 amide bonds. The smallest absolute Gasteiger partial charge is 0.200 e. The van der Waals surface area contributed by atoms with Crippen LogP contribution in [0.25, 0.3) is 34.4 Å². The van der Waals surface area contributed by atoms with Crippen LogP contribution in [0.2, 0.25) is 5.02 Å². The normalized spacial score (nSPS) is 11.1. The number of ether oxygens (including phenoxy) is 4. The van der Waals surface area contributed by atoms with Crippen molar-refractivity contribution in [3.63, 3.8) is 0 Å². The highest BCUT2D eigenvalue weighted by atomic mass is 35.5. The molecular weight excluding hydrogens is 468 g/mol. The standard InChI is InChI=1S/C28H25ClO6/c1-16-12-24-20(15-21(16)29)27(30)19(9-6-17-7-10-22(31-2)25(13-17)33-4)28(35-24)18-8-11-23(32-3)26(14-18)34-5/h6-15H,1-5H3/b9-6+. The predicted molar refractivity (Wildman–Crippen MR) is 139 cm³/mol. The third-order valence-electron chi connectivity index (χ3n) is 5.70. The molecule has 0 aliphatic carbocycles. The minimum atomic E-state index is -0.199. The summed E-state index contributed by atoms with van der Waals surface area (Å²) < 4.78 is 27.8. The summed E-state index contributed by atoms with van der Waals surface area (Å²) in [5.41, 5.74) is 2.93. The fraction of sp³-hybridized carbons (Fsp3) is 0.179. The first-order valence-corrected chi connectivity index (χ1v) is 11.2. The Labute approximate surface area is 208 Å². The second-order valence-corrected chi connectivity index (χ2v) is 8.20. The van der Waals surface area contributed by atoms with Crippen molar-refractivity contribution >= 4 is 34.7 Å². The lowest BCUT2D eigenvalue weighted by molar-refractivity contribution is 0.355. The zero-order chi connectivity index (χ0) is 25.1. The van der Waals surface area contributed by atoms with Crippen molar-refractivity contribution in [1.82, 2.24) is 0 Å². The molecule has 1 aromatic heterocycles. The maximum absolute atomic E-state index is 13.6. The van der Waals surface area contributed by atoms with Crippen LogP contribution < -0.4 is 24.4 Å². The Morgan fingerprint density at radius 1 is 0.771 bits per heavy atom. The molecule has 0 radical (unpaired) electrons. The van der Waals surface area contributed by atoms with E-state index in [-0.39, 0.29) is 5.43 Å². The number of methoxy groups -OCH3 is 4. The Morgan fingerprint density at radius 3 is 2.06 bits per heavy atom. The number of halogens is 1. The first kappa shape index (κ1) is 24.2. The van der Waals surface area contributed by atoms with Gasteiger partial charge in [-0.05, 0) is 66.6 Å². The summed E-state index contributed by atoms with van der Waals surface area (Å²) in [6, 6.07) is 14.3. The van der Waals surface area contributed by atoms with Gasteiger partial charge in [0.2, 0.25) is 5.43 Å². The Balaban J connectivity index is 1.94. The summed E-state index contributed by atoms with van der Waals surface area (Å²) in [6.45, 7) is 1.86. The van der Waals surface area contributed by atoms with Crippen LogP contribution in [-0.4, -0.2) is 28.4 Å². The van der Waals surface area contributed by atoms with Gasteiger partial charge in [0.1, 0.15) is 11.3 Å². The van der Waals surface area contributed by atoms with Crippen molar-refractivity contribution in [2.75, 3.05) is 28.4 Å². The highest BCUT2D eigenvalue weighted by Gasteiger charge is 2.17. The molecule has 3 aromatic carbocycles. The van der Waals surface area contributed by atoms with Crippen LogP contribution in [0.1, 0.15) is 16.7 Å². The van der Waals surface area contributed by atoms with Gasteiger partial charge in [-0.1, -0.05) is 23.7 Å². The number of hydrogen-bond acceptors (Lipinski definition) is 6. The van der Waals surface area contributed by atoms with Gasteiger partial charge in [0.15, 0.2) is 23.0 Å². The van der Waals surface area contributed by atoms with Gasteiger partial charge in [0.25, 0.3) is 0 Å². The molecule has 0 unspecified atom stereocenters. The molecule has 0 aliphatic heterocycles. The van der Waals surface area contributed by atoms with E-state index in [0.717, 1.165) is 11.1 Å². The van der Waals surface area contributed by atoms with E-state index in [9.17, 15) is 4.79 Å². The molecule has 1 heterocycles. The molecule has 0 saturated carbocycles. The van der Waals surface area contributed by atoms with Crippen LogP contribution >= 0.6 is 11.6 Å². The number of hydrogen-bond donors (Lipinski definition) is 0. The fourth-order valence-electron chi connectivity index (χ4n) is 3.81. The van der Waals surface area contributed by atoms with Crippen LogP contribution in [-0.2, 0) is 0 Å². The molecule has 0 saturated heterocycles. The summed E-state index contributed by atoms with van der Waals surface area (Å²) in [5.74, 6) is 2.70. The number of fused-ring (bicyclic) bond motifs is 1. The van der Waals surface area contributed by atoms with Crippen LogP contribution in [0.15, 0.2) is 57.7 Å². The van der Waals surface area contributed by atoms with Crippen LogP contribution in [0, 0.1) is 6.92 Å². The van der Waals surface area contributed by atoms with E-state index in [1.54, 1.807) is 64.8 Å². The van der Waals surface area contributed by atoms with Gasteiger partial charge in [0, 0.05) is 10.6 Å². The summed E-state index contributed by atoms with van der Waals surface area (Å²) in [5, 5.41) is 0.898. The quantitative estimate of drug-likeness (QED) is 0.288. The molecule has 0 spiro atoms. The Bertz CT molecular complexity index is 1490. The van der Waals surface area contributed by atoms with Crippen molar-refractivity contribution in [2.24, 2.45) is 0 Å². The summed E-state index contributed by atoms with van der Waals surface area (Å²) in [6.07, 6.45) is 3.55. The van der Waals surface area contributed by atoms with E-state index in [4.69, 9.17) is 35.0 Å². The summed E-state index contributed by atoms with van der Waals surface area (Å²) >= 11 is 6.32. The topological polar surface area (TPSA) is 67.1 Å². The Hall–Kier alpha value is -3.90. The molecule has 7 heteroatoms. The molecule has 6 nitrogen and oxygen atoms in total. The highest BCUT2D eigenvalue weighted by Crippen LogP contribution is 2.36. The first-order chi connectivity index (χ1) is 16.9. The van der Waals surface area contributed by atoms with E-state index in [2.05, 4.69) is 0 Å². The van der Waals surface area contributed by atoms with Gasteiger partial charge in [-0.15, -0.1) is 0 Å². The van der Waals surface area contributed by atoms with Crippen molar-refractivity contribution < 1.29 is 23.4 Å². The molecule has 180 valence electrons. The van der Waals surface area contributed by atoms with Crippen LogP contribution in [0.5, 0.6) is 23.0 Å². The summed E-state index contributed by atoms with van der Waals surface area (Å²) in [4.78, 5) is 13.6. The molecule has 35 heavy (non-hydrogen) atoms. The molecule has 0 atom stereocenters. The largest absolute Gasteiger partial charge is 0.493 e. The first-order valence-electron chi connectivity index (χ1n) is 10.8.